The van der Waals surface area contributed by atoms with E-state index in [4.69, 9.17) is 16.6 Å². The lowest BCUT2D eigenvalue weighted by atomic mass is 10.1. The first-order valence-electron chi connectivity index (χ1n) is 7.12. The van der Waals surface area contributed by atoms with Gasteiger partial charge in [-0.25, -0.2) is 4.98 Å². The maximum Gasteiger partial charge on any atom is 0.185 e. The number of anilines is 1. The first-order chi connectivity index (χ1) is 10.3. The topological polar surface area (TPSA) is 80.5 Å². The summed E-state index contributed by atoms with van der Waals surface area (Å²) in [6.07, 6.45) is 3.86. The van der Waals surface area contributed by atoms with E-state index in [9.17, 15) is 0 Å². The highest BCUT2D eigenvalue weighted by molar-refractivity contribution is 7.14. The molecule has 6 heteroatoms. The molecule has 1 aromatic heterocycles. The second kappa shape index (κ2) is 6.13. The molecule has 1 aromatic carbocycles. The molecule has 1 saturated heterocycles. The smallest absolute Gasteiger partial charge is 0.185 e. The summed E-state index contributed by atoms with van der Waals surface area (Å²) >= 11 is 1.71. The van der Waals surface area contributed by atoms with Crippen LogP contribution in [-0.2, 0) is 0 Å². The average molecular weight is 301 g/mol. The second-order valence-corrected chi connectivity index (χ2v) is 5.99. The molecule has 4 N–H and O–H groups in total. The van der Waals surface area contributed by atoms with Crippen molar-refractivity contribution in [1.82, 2.24) is 4.98 Å². The molecule has 0 spiro atoms. The fraction of sp³-hybridized carbons (Fsp3) is 0.333. The third-order valence-corrected chi connectivity index (χ3v) is 4.64. The van der Waals surface area contributed by atoms with Gasteiger partial charge in [-0.15, -0.1) is 11.3 Å². The zero-order chi connectivity index (χ0) is 14.7. The van der Waals surface area contributed by atoms with Gasteiger partial charge in [-0.05, 0) is 19.3 Å². The van der Waals surface area contributed by atoms with E-state index in [2.05, 4.69) is 15.4 Å². The molecule has 5 nitrogen and oxygen atoms in total. The molecule has 21 heavy (non-hydrogen) atoms. The van der Waals surface area contributed by atoms with Gasteiger partial charge in [0.2, 0.25) is 0 Å². The zero-order valence-corrected chi connectivity index (χ0v) is 12.6. The summed E-state index contributed by atoms with van der Waals surface area (Å²) in [4.78, 5) is 7.14. The van der Waals surface area contributed by atoms with Crippen LogP contribution in [0.4, 0.5) is 5.13 Å². The van der Waals surface area contributed by atoms with Crippen molar-refractivity contribution in [1.29, 1.82) is 0 Å². The molecule has 1 aliphatic heterocycles. The van der Waals surface area contributed by atoms with Crippen molar-refractivity contribution >= 4 is 22.3 Å². The molecule has 1 aliphatic rings. The molecule has 0 radical (unpaired) electrons. The molecule has 0 unspecified atom stereocenters. The minimum absolute atomic E-state index is 0.342. The van der Waals surface area contributed by atoms with Gasteiger partial charge in [-0.3, -0.25) is 0 Å². The third-order valence-electron chi connectivity index (χ3n) is 3.73. The first-order valence-corrected chi connectivity index (χ1v) is 8.00. The van der Waals surface area contributed by atoms with E-state index in [0.29, 0.717) is 5.84 Å². The molecule has 2 aromatic rings. The summed E-state index contributed by atoms with van der Waals surface area (Å²) in [5.41, 5.74) is 8.61. The van der Waals surface area contributed by atoms with Gasteiger partial charge in [-0.2, -0.15) is 5.10 Å². The number of nitrogens with two attached hydrogens (primary N) is 2. The quantitative estimate of drug-likeness (QED) is 0.395. The molecule has 110 valence electrons. The summed E-state index contributed by atoms with van der Waals surface area (Å²) in [7, 11) is 0. The standard InChI is InChI=1S/C15H19N5S/c16-14(19-17)12-6-4-11(5-7-12)13-10-21-15(18-13)20-8-2-1-3-9-20/h4-7,10H,1-3,8-9,17H2,(H2,16,19). The van der Waals surface area contributed by atoms with Crippen LogP contribution in [0.25, 0.3) is 11.3 Å². The molecule has 0 amide bonds. The summed E-state index contributed by atoms with van der Waals surface area (Å²) < 4.78 is 0. The molecular formula is C15H19N5S. The first kappa shape index (κ1) is 13.9. The van der Waals surface area contributed by atoms with E-state index in [1.165, 1.54) is 19.3 Å². The van der Waals surface area contributed by atoms with Gasteiger partial charge in [0, 0.05) is 29.6 Å². The zero-order valence-electron chi connectivity index (χ0n) is 11.8. The minimum Gasteiger partial charge on any atom is -0.382 e. The van der Waals surface area contributed by atoms with E-state index in [0.717, 1.165) is 35.0 Å². The van der Waals surface area contributed by atoms with Crippen LogP contribution in [0.3, 0.4) is 0 Å². The van der Waals surface area contributed by atoms with Crippen LogP contribution in [0, 0.1) is 0 Å². The van der Waals surface area contributed by atoms with Crippen molar-refractivity contribution in [3.05, 3.63) is 35.2 Å². The number of hydrogen-bond donors (Lipinski definition) is 2. The van der Waals surface area contributed by atoms with Gasteiger partial charge in [0.25, 0.3) is 0 Å². The van der Waals surface area contributed by atoms with Gasteiger partial charge in [0.15, 0.2) is 5.13 Å². The van der Waals surface area contributed by atoms with E-state index in [-0.39, 0.29) is 0 Å². The number of amidine groups is 1. The Kier molecular flexibility index (Phi) is 4.06. The predicted molar refractivity (Wildman–Crippen MR) is 88.5 cm³/mol. The maximum atomic E-state index is 5.69. The van der Waals surface area contributed by atoms with E-state index < -0.39 is 0 Å². The lowest BCUT2D eigenvalue weighted by Crippen LogP contribution is -2.29. The van der Waals surface area contributed by atoms with Crippen LogP contribution < -0.4 is 16.5 Å². The Morgan fingerprint density at radius 1 is 1.14 bits per heavy atom. The Balaban J connectivity index is 1.79. The Morgan fingerprint density at radius 2 is 1.86 bits per heavy atom. The SMILES string of the molecule is N/N=C(\N)c1ccc(-c2csc(N3CCCCC3)n2)cc1. The van der Waals surface area contributed by atoms with Crippen LogP contribution in [0.1, 0.15) is 24.8 Å². The largest absolute Gasteiger partial charge is 0.382 e. The van der Waals surface area contributed by atoms with Crippen LogP contribution in [0.2, 0.25) is 0 Å². The number of benzene rings is 1. The number of nitrogens with zero attached hydrogens (tertiary/aromatic N) is 3. The number of aromatic nitrogens is 1. The maximum absolute atomic E-state index is 5.69. The number of hydrazone groups is 1. The molecule has 0 aliphatic carbocycles. The number of rotatable bonds is 3. The summed E-state index contributed by atoms with van der Waals surface area (Å²) in [5.74, 6) is 5.53. The number of thiazole rings is 1. The highest BCUT2D eigenvalue weighted by Gasteiger charge is 2.14. The van der Waals surface area contributed by atoms with Gasteiger partial charge < -0.3 is 16.5 Å². The van der Waals surface area contributed by atoms with E-state index in [1.807, 2.05) is 24.3 Å². The van der Waals surface area contributed by atoms with Crippen molar-refractivity contribution in [2.75, 3.05) is 18.0 Å². The van der Waals surface area contributed by atoms with E-state index >= 15 is 0 Å². The highest BCUT2D eigenvalue weighted by Crippen LogP contribution is 2.29. The Hall–Kier alpha value is -2.08. The lowest BCUT2D eigenvalue weighted by molar-refractivity contribution is 0.577. The van der Waals surface area contributed by atoms with Crippen molar-refractivity contribution in [2.45, 2.75) is 19.3 Å². The van der Waals surface area contributed by atoms with Crippen LogP contribution in [0.15, 0.2) is 34.7 Å². The molecule has 1 fully saturated rings. The van der Waals surface area contributed by atoms with Gasteiger partial charge in [-0.1, -0.05) is 24.3 Å². The Bertz CT molecular complexity index is 626. The molecule has 0 saturated carbocycles. The number of piperidine rings is 1. The third kappa shape index (κ3) is 3.00. The predicted octanol–water partition coefficient (Wildman–Crippen LogP) is 2.38. The van der Waals surface area contributed by atoms with Gasteiger partial charge >= 0.3 is 0 Å². The summed E-state index contributed by atoms with van der Waals surface area (Å²) in [6.45, 7) is 2.24. The van der Waals surface area contributed by atoms with Crippen molar-refractivity contribution in [3.8, 4) is 11.3 Å². The summed E-state index contributed by atoms with van der Waals surface area (Å²) in [6, 6.07) is 7.84. The van der Waals surface area contributed by atoms with Crippen LogP contribution in [0.5, 0.6) is 0 Å². The highest BCUT2D eigenvalue weighted by atomic mass is 32.1. The second-order valence-electron chi connectivity index (χ2n) is 5.15. The molecule has 3 rings (SSSR count). The molecule has 0 bridgehead atoms. The van der Waals surface area contributed by atoms with Gasteiger partial charge in [0.1, 0.15) is 5.84 Å². The van der Waals surface area contributed by atoms with Crippen LogP contribution >= 0.6 is 11.3 Å². The molecule has 0 atom stereocenters. The lowest BCUT2D eigenvalue weighted by Gasteiger charge is -2.25. The normalized spacial score (nSPS) is 16.2. The van der Waals surface area contributed by atoms with Gasteiger partial charge in [0.05, 0.1) is 5.69 Å². The molecule has 2 heterocycles. The number of hydrogen-bond acceptors (Lipinski definition) is 5. The summed E-state index contributed by atoms with van der Waals surface area (Å²) in [5, 5.41) is 6.73. The average Bonchev–Trinajstić information content (AvgIpc) is 3.05. The van der Waals surface area contributed by atoms with Crippen LogP contribution in [-0.4, -0.2) is 23.9 Å². The Morgan fingerprint density at radius 3 is 2.52 bits per heavy atom. The molecular weight excluding hydrogens is 282 g/mol. The fourth-order valence-corrected chi connectivity index (χ4v) is 3.40. The monoisotopic (exact) mass is 301 g/mol. The Labute approximate surface area is 128 Å². The fourth-order valence-electron chi connectivity index (χ4n) is 2.51. The van der Waals surface area contributed by atoms with Crippen molar-refractivity contribution < 1.29 is 0 Å². The minimum atomic E-state index is 0.342. The van der Waals surface area contributed by atoms with Crippen molar-refractivity contribution in [3.63, 3.8) is 0 Å². The van der Waals surface area contributed by atoms with E-state index in [1.54, 1.807) is 11.3 Å². The van der Waals surface area contributed by atoms with Crippen molar-refractivity contribution in [2.24, 2.45) is 16.7 Å².